The minimum atomic E-state index is 0.0309. The van der Waals surface area contributed by atoms with E-state index in [4.69, 9.17) is 0 Å². The van der Waals surface area contributed by atoms with Crippen molar-refractivity contribution in [3.8, 4) is 10.4 Å². The first-order chi connectivity index (χ1) is 8.67. The van der Waals surface area contributed by atoms with E-state index < -0.39 is 0 Å². The Morgan fingerprint density at radius 1 is 1.28 bits per heavy atom. The summed E-state index contributed by atoms with van der Waals surface area (Å²) in [6.07, 6.45) is 1.37. The zero-order chi connectivity index (χ0) is 13.1. The van der Waals surface area contributed by atoms with Crippen LogP contribution >= 0.6 is 11.3 Å². The van der Waals surface area contributed by atoms with Gasteiger partial charge in [-0.05, 0) is 32.0 Å². The standard InChI is InChI=1S/C14H15NO2S/c1-3-15-10(2)12(5-7-14(15)17)13-6-4-11(18-13)8-9-16/h4-7,9H,3,8H2,1-2H3. The number of pyridine rings is 1. The highest BCUT2D eigenvalue weighted by molar-refractivity contribution is 7.15. The molecule has 0 atom stereocenters. The average Bonchev–Trinajstić information content (AvgIpc) is 2.79. The lowest BCUT2D eigenvalue weighted by atomic mass is 10.1. The average molecular weight is 261 g/mol. The van der Waals surface area contributed by atoms with Crippen molar-refractivity contribution in [3.05, 3.63) is 45.2 Å². The molecule has 94 valence electrons. The summed E-state index contributed by atoms with van der Waals surface area (Å²) in [5.74, 6) is 0. The van der Waals surface area contributed by atoms with E-state index in [1.807, 2.05) is 32.0 Å². The molecule has 0 aromatic carbocycles. The second-order valence-corrected chi connectivity index (χ2v) is 5.22. The van der Waals surface area contributed by atoms with E-state index in [1.165, 1.54) is 0 Å². The Bertz CT molecular complexity index is 625. The van der Waals surface area contributed by atoms with Gasteiger partial charge < -0.3 is 9.36 Å². The smallest absolute Gasteiger partial charge is 0.250 e. The lowest BCUT2D eigenvalue weighted by Crippen LogP contribution is -2.20. The van der Waals surface area contributed by atoms with E-state index in [0.29, 0.717) is 13.0 Å². The fourth-order valence-electron chi connectivity index (χ4n) is 2.04. The molecule has 2 heterocycles. The SMILES string of the molecule is CCn1c(C)c(-c2ccc(CC=O)s2)ccc1=O. The first kappa shape index (κ1) is 12.8. The molecule has 4 heteroatoms. The van der Waals surface area contributed by atoms with Gasteiger partial charge in [-0.25, -0.2) is 0 Å². The zero-order valence-electron chi connectivity index (χ0n) is 10.5. The Balaban J connectivity index is 2.50. The van der Waals surface area contributed by atoms with Crippen molar-refractivity contribution in [2.45, 2.75) is 26.8 Å². The van der Waals surface area contributed by atoms with Gasteiger partial charge in [-0.3, -0.25) is 4.79 Å². The molecule has 18 heavy (non-hydrogen) atoms. The van der Waals surface area contributed by atoms with Crippen molar-refractivity contribution in [3.63, 3.8) is 0 Å². The summed E-state index contributed by atoms with van der Waals surface area (Å²) in [6, 6.07) is 7.44. The molecule has 0 N–H and O–H groups in total. The van der Waals surface area contributed by atoms with Crippen LogP contribution in [0.5, 0.6) is 0 Å². The molecule has 0 unspecified atom stereocenters. The fourth-order valence-corrected chi connectivity index (χ4v) is 3.08. The summed E-state index contributed by atoms with van der Waals surface area (Å²) in [5.41, 5.74) is 2.08. The van der Waals surface area contributed by atoms with Crippen molar-refractivity contribution in [2.75, 3.05) is 0 Å². The molecule has 0 spiro atoms. The van der Waals surface area contributed by atoms with Gasteiger partial charge in [0.25, 0.3) is 5.56 Å². The lowest BCUT2D eigenvalue weighted by Gasteiger charge is -2.10. The van der Waals surface area contributed by atoms with Gasteiger partial charge in [-0.2, -0.15) is 0 Å². The largest absolute Gasteiger partial charge is 0.313 e. The molecule has 3 nitrogen and oxygen atoms in total. The maximum atomic E-state index is 11.7. The van der Waals surface area contributed by atoms with Gasteiger partial charge in [0, 0.05) is 40.0 Å². The molecular formula is C14H15NO2S. The van der Waals surface area contributed by atoms with E-state index in [9.17, 15) is 9.59 Å². The van der Waals surface area contributed by atoms with Crippen molar-refractivity contribution >= 4 is 17.6 Å². The fraction of sp³-hybridized carbons (Fsp3) is 0.286. The maximum Gasteiger partial charge on any atom is 0.250 e. The molecule has 0 saturated carbocycles. The Morgan fingerprint density at radius 3 is 2.72 bits per heavy atom. The first-order valence-electron chi connectivity index (χ1n) is 5.90. The van der Waals surface area contributed by atoms with Gasteiger partial charge in [-0.1, -0.05) is 0 Å². The third-order valence-corrected chi connectivity index (χ3v) is 4.12. The Kier molecular flexibility index (Phi) is 3.77. The molecule has 0 radical (unpaired) electrons. The van der Waals surface area contributed by atoms with E-state index in [0.717, 1.165) is 27.3 Å². The molecule has 0 fully saturated rings. The van der Waals surface area contributed by atoms with Gasteiger partial charge in [0.2, 0.25) is 0 Å². The van der Waals surface area contributed by atoms with Crippen molar-refractivity contribution in [2.24, 2.45) is 0 Å². The van der Waals surface area contributed by atoms with Gasteiger partial charge in [0.1, 0.15) is 6.29 Å². The van der Waals surface area contributed by atoms with Crippen LogP contribution < -0.4 is 5.56 Å². The second kappa shape index (κ2) is 5.31. The Hall–Kier alpha value is -1.68. The summed E-state index contributed by atoms with van der Waals surface area (Å²) in [4.78, 5) is 24.3. The Labute approximate surface area is 110 Å². The summed E-state index contributed by atoms with van der Waals surface area (Å²) in [7, 11) is 0. The minimum Gasteiger partial charge on any atom is -0.313 e. The van der Waals surface area contributed by atoms with Crippen LogP contribution in [0.3, 0.4) is 0 Å². The molecule has 0 amide bonds. The number of hydrogen-bond donors (Lipinski definition) is 0. The zero-order valence-corrected chi connectivity index (χ0v) is 11.3. The van der Waals surface area contributed by atoms with Crippen LogP contribution in [0.2, 0.25) is 0 Å². The van der Waals surface area contributed by atoms with Crippen molar-refractivity contribution in [1.29, 1.82) is 0 Å². The number of nitrogens with zero attached hydrogens (tertiary/aromatic N) is 1. The maximum absolute atomic E-state index is 11.7. The third kappa shape index (κ3) is 2.29. The predicted molar refractivity (Wildman–Crippen MR) is 74.2 cm³/mol. The van der Waals surface area contributed by atoms with Gasteiger partial charge in [0.15, 0.2) is 0 Å². The quantitative estimate of drug-likeness (QED) is 0.794. The van der Waals surface area contributed by atoms with Crippen LogP contribution in [0.1, 0.15) is 17.5 Å². The summed E-state index contributed by atoms with van der Waals surface area (Å²) in [5, 5.41) is 0. The van der Waals surface area contributed by atoms with Crippen LogP contribution in [0.25, 0.3) is 10.4 Å². The number of carbonyl (C=O) groups excluding carboxylic acids is 1. The van der Waals surface area contributed by atoms with E-state index in [2.05, 4.69) is 0 Å². The second-order valence-electron chi connectivity index (χ2n) is 4.05. The molecule has 0 aliphatic rings. The van der Waals surface area contributed by atoms with E-state index in [1.54, 1.807) is 22.0 Å². The molecule has 2 aromatic heterocycles. The molecule has 0 bridgehead atoms. The van der Waals surface area contributed by atoms with Crippen LogP contribution in [0.15, 0.2) is 29.1 Å². The van der Waals surface area contributed by atoms with Crippen LogP contribution in [0.4, 0.5) is 0 Å². The summed E-state index contributed by atoms with van der Waals surface area (Å²) < 4.78 is 1.76. The monoisotopic (exact) mass is 261 g/mol. The van der Waals surface area contributed by atoms with Crippen molar-refractivity contribution in [1.82, 2.24) is 4.57 Å². The highest BCUT2D eigenvalue weighted by Crippen LogP contribution is 2.29. The number of aldehydes is 1. The van der Waals surface area contributed by atoms with Crippen molar-refractivity contribution < 1.29 is 4.79 Å². The van der Waals surface area contributed by atoms with Gasteiger partial charge in [-0.15, -0.1) is 11.3 Å². The minimum absolute atomic E-state index is 0.0309. The van der Waals surface area contributed by atoms with Crippen LogP contribution in [0, 0.1) is 6.92 Å². The van der Waals surface area contributed by atoms with Gasteiger partial charge >= 0.3 is 0 Å². The summed E-state index contributed by atoms with van der Waals surface area (Å²) in [6.45, 7) is 4.59. The van der Waals surface area contributed by atoms with E-state index >= 15 is 0 Å². The topological polar surface area (TPSA) is 39.1 Å². The first-order valence-corrected chi connectivity index (χ1v) is 6.72. The molecule has 2 aromatic rings. The van der Waals surface area contributed by atoms with Crippen LogP contribution in [-0.4, -0.2) is 10.9 Å². The molecule has 0 aliphatic heterocycles. The van der Waals surface area contributed by atoms with E-state index in [-0.39, 0.29) is 5.56 Å². The van der Waals surface area contributed by atoms with Gasteiger partial charge in [0.05, 0.1) is 0 Å². The number of thiophene rings is 1. The number of carbonyl (C=O) groups is 1. The lowest BCUT2D eigenvalue weighted by molar-refractivity contribution is -0.107. The molecule has 0 saturated heterocycles. The molecule has 2 rings (SSSR count). The normalized spacial score (nSPS) is 10.6. The number of aromatic nitrogens is 1. The van der Waals surface area contributed by atoms with Crippen LogP contribution in [-0.2, 0) is 17.8 Å². The highest BCUT2D eigenvalue weighted by atomic mass is 32.1. The predicted octanol–water partition coefficient (Wildman–Crippen LogP) is 2.65. The summed E-state index contributed by atoms with van der Waals surface area (Å²) >= 11 is 1.60. The number of hydrogen-bond acceptors (Lipinski definition) is 3. The number of rotatable bonds is 4. The highest BCUT2D eigenvalue weighted by Gasteiger charge is 2.09. The molecule has 0 aliphatic carbocycles. The Morgan fingerprint density at radius 2 is 2.06 bits per heavy atom. The third-order valence-electron chi connectivity index (χ3n) is 2.98. The molecular weight excluding hydrogens is 246 g/mol.